The van der Waals surface area contributed by atoms with Gasteiger partial charge in [-0.25, -0.2) is 8.78 Å². The van der Waals surface area contributed by atoms with Crippen LogP contribution in [0.3, 0.4) is 0 Å². The van der Waals surface area contributed by atoms with Gasteiger partial charge in [0.15, 0.2) is 0 Å². The lowest BCUT2D eigenvalue weighted by atomic mass is 10.0. The minimum atomic E-state index is -0.301. The lowest BCUT2D eigenvalue weighted by Crippen LogP contribution is -2.27. The Kier molecular flexibility index (Phi) is 2.95. The van der Waals surface area contributed by atoms with Crippen LogP contribution in [-0.4, -0.2) is 6.54 Å². The Morgan fingerprint density at radius 1 is 1.16 bits per heavy atom. The summed E-state index contributed by atoms with van der Waals surface area (Å²) in [4.78, 5) is 1.94. The van der Waals surface area contributed by atoms with E-state index in [1.54, 1.807) is 12.1 Å². The molecule has 3 rings (SSSR count). The predicted octanol–water partition coefficient (Wildman–Crippen LogP) is 2.98. The van der Waals surface area contributed by atoms with Crippen LogP contribution in [0.1, 0.15) is 17.2 Å². The third-order valence-electron chi connectivity index (χ3n) is 3.58. The highest BCUT2D eigenvalue weighted by Crippen LogP contribution is 2.37. The number of anilines is 1. The second-order valence-corrected chi connectivity index (χ2v) is 4.67. The molecule has 0 radical (unpaired) electrons. The Balaban J connectivity index is 2.04. The summed E-state index contributed by atoms with van der Waals surface area (Å²) in [5.41, 5.74) is 8.08. The van der Waals surface area contributed by atoms with Crippen molar-refractivity contribution in [3.05, 3.63) is 65.2 Å². The fraction of sp³-hybridized carbons (Fsp3) is 0.200. The maximum atomic E-state index is 13.8. The molecule has 2 aromatic carbocycles. The van der Waals surface area contributed by atoms with E-state index in [0.717, 1.165) is 11.3 Å². The van der Waals surface area contributed by atoms with Crippen LogP contribution in [0.4, 0.5) is 14.5 Å². The van der Waals surface area contributed by atoms with Crippen LogP contribution in [0.25, 0.3) is 0 Å². The van der Waals surface area contributed by atoms with Crippen LogP contribution in [0.2, 0.25) is 0 Å². The monoisotopic (exact) mass is 260 g/mol. The molecule has 1 atom stereocenters. The topological polar surface area (TPSA) is 29.3 Å². The zero-order valence-corrected chi connectivity index (χ0v) is 10.3. The van der Waals surface area contributed by atoms with Gasteiger partial charge in [-0.1, -0.05) is 18.2 Å². The molecule has 0 bridgehead atoms. The molecule has 2 N–H and O–H groups in total. The number of fused-ring (bicyclic) bond motifs is 1. The highest BCUT2D eigenvalue weighted by atomic mass is 19.1. The molecule has 0 fully saturated rings. The average molecular weight is 260 g/mol. The van der Waals surface area contributed by atoms with E-state index < -0.39 is 0 Å². The normalized spacial score (nSPS) is 17.6. The molecule has 0 saturated heterocycles. The summed E-state index contributed by atoms with van der Waals surface area (Å²) in [6, 6.07) is 11.2. The molecule has 2 nitrogen and oxygen atoms in total. The first-order valence-electron chi connectivity index (χ1n) is 6.20. The quantitative estimate of drug-likeness (QED) is 0.899. The third-order valence-corrected chi connectivity index (χ3v) is 3.58. The summed E-state index contributed by atoms with van der Waals surface area (Å²) in [5.74, 6) is -0.528. The minimum Gasteiger partial charge on any atom is -0.359 e. The standard InChI is InChI=1S/C15H14F2N2/c16-10-3-1-4-11(7-10)19-9-13-12(15(19)8-18)5-2-6-14(13)17/h1-7,15H,8-9,18H2. The molecule has 4 heteroatoms. The maximum absolute atomic E-state index is 13.8. The molecule has 0 saturated carbocycles. The summed E-state index contributed by atoms with van der Waals surface area (Å²) in [6.07, 6.45) is 0. The van der Waals surface area contributed by atoms with Crippen LogP contribution in [0.5, 0.6) is 0 Å². The lowest BCUT2D eigenvalue weighted by molar-refractivity contribution is 0.610. The van der Waals surface area contributed by atoms with Gasteiger partial charge in [0.25, 0.3) is 0 Å². The van der Waals surface area contributed by atoms with Gasteiger partial charge in [0.2, 0.25) is 0 Å². The molecule has 1 heterocycles. The zero-order valence-electron chi connectivity index (χ0n) is 10.3. The van der Waals surface area contributed by atoms with Gasteiger partial charge >= 0.3 is 0 Å². The average Bonchev–Trinajstić information content (AvgIpc) is 2.79. The molecule has 1 aliphatic rings. The van der Waals surface area contributed by atoms with Crippen molar-refractivity contribution < 1.29 is 8.78 Å². The summed E-state index contributed by atoms with van der Waals surface area (Å²) in [7, 11) is 0. The molecule has 19 heavy (non-hydrogen) atoms. The Morgan fingerprint density at radius 2 is 1.95 bits per heavy atom. The number of benzene rings is 2. The van der Waals surface area contributed by atoms with Gasteiger partial charge in [0.1, 0.15) is 11.6 Å². The van der Waals surface area contributed by atoms with Gasteiger partial charge in [-0.05, 0) is 29.8 Å². The second kappa shape index (κ2) is 4.63. The predicted molar refractivity (Wildman–Crippen MR) is 70.8 cm³/mol. The van der Waals surface area contributed by atoms with Crippen LogP contribution in [-0.2, 0) is 6.54 Å². The van der Waals surface area contributed by atoms with Crippen molar-refractivity contribution in [2.45, 2.75) is 12.6 Å². The van der Waals surface area contributed by atoms with E-state index in [2.05, 4.69) is 0 Å². The molecule has 1 aliphatic heterocycles. The molecule has 1 unspecified atom stereocenters. The Morgan fingerprint density at radius 3 is 2.68 bits per heavy atom. The number of nitrogens with two attached hydrogens (primary N) is 1. The summed E-state index contributed by atoms with van der Waals surface area (Å²) >= 11 is 0. The number of hydrogen-bond acceptors (Lipinski definition) is 2. The smallest absolute Gasteiger partial charge is 0.128 e. The number of nitrogens with zero attached hydrogens (tertiary/aromatic N) is 1. The SMILES string of the molecule is NCC1c2cccc(F)c2CN1c1cccc(F)c1. The first kappa shape index (κ1) is 12.1. The third kappa shape index (κ3) is 1.98. The highest BCUT2D eigenvalue weighted by molar-refractivity contribution is 5.55. The van der Waals surface area contributed by atoms with E-state index >= 15 is 0 Å². The van der Waals surface area contributed by atoms with Crippen molar-refractivity contribution in [1.29, 1.82) is 0 Å². The number of rotatable bonds is 2. The van der Waals surface area contributed by atoms with E-state index in [9.17, 15) is 8.78 Å². The molecule has 0 amide bonds. The molecular formula is C15H14F2N2. The molecule has 0 spiro atoms. The van der Waals surface area contributed by atoms with E-state index in [1.165, 1.54) is 18.2 Å². The van der Waals surface area contributed by atoms with E-state index in [-0.39, 0.29) is 17.7 Å². The van der Waals surface area contributed by atoms with Crippen molar-refractivity contribution in [2.75, 3.05) is 11.4 Å². The Labute approximate surface area is 110 Å². The van der Waals surface area contributed by atoms with Crippen molar-refractivity contribution >= 4 is 5.69 Å². The van der Waals surface area contributed by atoms with Crippen molar-refractivity contribution in [3.63, 3.8) is 0 Å². The maximum Gasteiger partial charge on any atom is 0.128 e. The fourth-order valence-electron chi connectivity index (χ4n) is 2.68. The van der Waals surface area contributed by atoms with Gasteiger partial charge in [0.05, 0.1) is 6.04 Å². The summed E-state index contributed by atoms with van der Waals surface area (Å²) in [6.45, 7) is 0.792. The summed E-state index contributed by atoms with van der Waals surface area (Å²) in [5, 5.41) is 0. The van der Waals surface area contributed by atoms with Crippen molar-refractivity contribution in [1.82, 2.24) is 0 Å². The van der Waals surface area contributed by atoms with Gasteiger partial charge in [-0.3, -0.25) is 0 Å². The largest absolute Gasteiger partial charge is 0.359 e. The van der Waals surface area contributed by atoms with E-state index in [0.29, 0.717) is 18.7 Å². The van der Waals surface area contributed by atoms with Gasteiger partial charge in [-0.15, -0.1) is 0 Å². The van der Waals surface area contributed by atoms with Gasteiger partial charge in [0, 0.05) is 24.3 Å². The first-order chi connectivity index (χ1) is 9.20. The van der Waals surface area contributed by atoms with Gasteiger partial charge in [-0.2, -0.15) is 0 Å². The van der Waals surface area contributed by atoms with Crippen LogP contribution in [0, 0.1) is 11.6 Å². The van der Waals surface area contributed by atoms with Crippen LogP contribution in [0.15, 0.2) is 42.5 Å². The fourth-order valence-corrected chi connectivity index (χ4v) is 2.68. The first-order valence-corrected chi connectivity index (χ1v) is 6.20. The van der Waals surface area contributed by atoms with Gasteiger partial charge < -0.3 is 10.6 Å². The van der Waals surface area contributed by atoms with Crippen LogP contribution >= 0.6 is 0 Å². The molecule has 98 valence electrons. The minimum absolute atomic E-state index is 0.104. The second-order valence-electron chi connectivity index (χ2n) is 4.67. The van der Waals surface area contributed by atoms with E-state index in [1.807, 2.05) is 17.0 Å². The zero-order chi connectivity index (χ0) is 13.4. The Hall–Kier alpha value is -1.94. The van der Waals surface area contributed by atoms with Crippen molar-refractivity contribution in [2.24, 2.45) is 5.73 Å². The molecule has 0 aromatic heterocycles. The molecule has 0 aliphatic carbocycles. The summed E-state index contributed by atoms with van der Waals surface area (Å²) < 4.78 is 27.2. The lowest BCUT2D eigenvalue weighted by Gasteiger charge is -2.26. The number of hydrogen-bond donors (Lipinski definition) is 1. The molecular weight excluding hydrogens is 246 g/mol. The number of halogens is 2. The van der Waals surface area contributed by atoms with Crippen LogP contribution < -0.4 is 10.6 Å². The Bertz CT molecular complexity index is 613. The highest BCUT2D eigenvalue weighted by Gasteiger charge is 2.31. The molecule has 2 aromatic rings. The van der Waals surface area contributed by atoms with Crippen molar-refractivity contribution in [3.8, 4) is 0 Å². The van der Waals surface area contributed by atoms with E-state index in [4.69, 9.17) is 5.73 Å².